The fourth-order valence-electron chi connectivity index (χ4n) is 1.62. The Kier molecular flexibility index (Phi) is 4.11. The lowest BCUT2D eigenvalue weighted by Crippen LogP contribution is -2.42. The summed E-state index contributed by atoms with van der Waals surface area (Å²) in [5.41, 5.74) is 6.41. The summed E-state index contributed by atoms with van der Waals surface area (Å²) < 4.78 is 5.71. The molecule has 66 valence electrons. The average Bonchev–Trinajstić information content (AvgIpc) is 2.07. The number of hydrogen-bond acceptors (Lipinski definition) is 2. The van der Waals surface area contributed by atoms with Gasteiger partial charge in [0, 0.05) is 12.3 Å². The maximum absolute atomic E-state index is 6.00. The van der Waals surface area contributed by atoms with Crippen LogP contribution in [0.2, 0.25) is 6.04 Å². The van der Waals surface area contributed by atoms with Gasteiger partial charge in [-0.25, -0.2) is 0 Å². The first kappa shape index (κ1) is 9.23. The van der Waals surface area contributed by atoms with Gasteiger partial charge in [0.15, 0.2) is 9.04 Å². The van der Waals surface area contributed by atoms with Crippen molar-refractivity contribution in [1.82, 2.24) is 0 Å². The van der Waals surface area contributed by atoms with Crippen LogP contribution in [0.4, 0.5) is 0 Å². The molecule has 0 radical (unpaired) electrons. The van der Waals surface area contributed by atoms with Gasteiger partial charge in [0.1, 0.15) is 0 Å². The molecule has 0 spiro atoms. The smallest absolute Gasteiger partial charge is 0.193 e. The monoisotopic (exact) mass is 173 g/mol. The lowest BCUT2D eigenvalue weighted by Gasteiger charge is -2.25. The second-order valence-electron chi connectivity index (χ2n) is 3.36. The van der Waals surface area contributed by atoms with Gasteiger partial charge in [-0.3, -0.25) is 0 Å². The third-order valence-electron chi connectivity index (χ3n) is 2.31. The predicted octanol–water partition coefficient (Wildman–Crippen LogP) is 1.19. The van der Waals surface area contributed by atoms with Crippen molar-refractivity contribution in [3.05, 3.63) is 0 Å². The minimum absolute atomic E-state index is 0.417. The van der Waals surface area contributed by atoms with E-state index < -0.39 is 9.04 Å². The molecular weight excluding hydrogens is 154 g/mol. The SMILES string of the molecule is CCCC(N)[SiH]1CCCCO1. The first-order valence-corrected chi connectivity index (χ1v) is 6.67. The molecule has 1 rings (SSSR count). The van der Waals surface area contributed by atoms with E-state index in [0.29, 0.717) is 5.67 Å². The molecule has 2 atom stereocenters. The predicted molar refractivity (Wildman–Crippen MR) is 50.0 cm³/mol. The molecule has 0 aromatic rings. The Hall–Kier alpha value is 0.137. The van der Waals surface area contributed by atoms with Gasteiger partial charge in [-0.1, -0.05) is 19.8 Å². The van der Waals surface area contributed by atoms with Crippen LogP contribution in [0.5, 0.6) is 0 Å². The van der Waals surface area contributed by atoms with Gasteiger partial charge < -0.3 is 10.2 Å². The summed E-state index contributed by atoms with van der Waals surface area (Å²) in [6.45, 7) is 3.17. The van der Waals surface area contributed by atoms with E-state index in [1.54, 1.807) is 0 Å². The van der Waals surface area contributed by atoms with Gasteiger partial charge in [0.05, 0.1) is 0 Å². The summed E-state index contributed by atoms with van der Waals surface area (Å²) >= 11 is 0. The molecule has 0 bridgehead atoms. The second kappa shape index (κ2) is 4.90. The molecule has 1 saturated heterocycles. The minimum Gasteiger partial charge on any atom is -0.418 e. The Morgan fingerprint density at radius 2 is 2.36 bits per heavy atom. The normalized spacial score (nSPS) is 28.4. The van der Waals surface area contributed by atoms with Crippen LogP contribution in [0.3, 0.4) is 0 Å². The lowest BCUT2D eigenvalue weighted by molar-refractivity contribution is 0.278. The fraction of sp³-hybridized carbons (Fsp3) is 1.00. The molecule has 2 N–H and O–H groups in total. The summed E-state index contributed by atoms with van der Waals surface area (Å²) in [6, 6.07) is 1.31. The van der Waals surface area contributed by atoms with Crippen LogP contribution in [0, 0.1) is 0 Å². The van der Waals surface area contributed by atoms with Gasteiger partial charge in [-0.15, -0.1) is 0 Å². The van der Waals surface area contributed by atoms with E-state index >= 15 is 0 Å². The Morgan fingerprint density at radius 1 is 1.55 bits per heavy atom. The highest BCUT2D eigenvalue weighted by Gasteiger charge is 2.22. The van der Waals surface area contributed by atoms with Crippen LogP contribution in [-0.2, 0) is 4.43 Å². The molecule has 3 heteroatoms. The van der Waals surface area contributed by atoms with E-state index in [9.17, 15) is 0 Å². The molecular formula is C8H19NOSi. The summed E-state index contributed by atoms with van der Waals surface area (Å²) in [7, 11) is -0.960. The second-order valence-corrected chi connectivity index (χ2v) is 6.20. The van der Waals surface area contributed by atoms with Crippen molar-refractivity contribution in [2.45, 2.75) is 44.3 Å². The molecule has 0 aliphatic carbocycles. The van der Waals surface area contributed by atoms with Crippen molar-refractivity contribution in [3.8, 4) is 0 Å². The zero-order valence-electron chi connectivity index (χ0n) is 7.38. The van der Waals surface area contributed by atoms with E-state index in [0.717, 1.165) is 13.0 Å². The highest BCUT2D eigenvalue weighted by atomic mass is 28.3. The Bertz CT molecular complexity index is 104. The summed E-state index contributed by atoms with van der Waals surface area (Å²) in [4.78, 5) is 0. The summed E-state index contributed by atoms with van der Waals surface area (Å²) in [5.74, 6) is 0. The average molecular weight is 173 g/mol. The van der Waals surface area contributed by atoms with Crippen molar-refractivity contribution in [2.24, 2.45) is 5.73 Å². The van der Waals surface area contributed by atoms with E-state index in [1.165, 1.54) is 25.3 Å². The lowest BCUT2D eigenvalue weighted by atomic mass is 10.3. The standard InChI is InChI=1S/C8H19NOSi/c1-2-5-8(9)11-7-4-3-6-10-11/h8,11H,2-7,9H2,1H3. The Morgan fingerprint density at radius 3 is 2.91 bits per heavy atom. The summed E-state index contributed by atoms with van der Waals surface area (Å²) in [6.07, 6.45) is 4.97. The molecule has 0 aromatic heterocycles. The third kappa shape index (κ3) is 2.93. The molecule has 11 heavy (non-hydrogen) atoms. The van der Waals surface area contributed by atoms with E-state index in [1.807, 2.05) is 0 Å². The topological polar surface area (TPSA) is 35.2 Å². The Balaban J connectivity index is 2.21. The van der Waals surface area contributed by atoms with E-state index in [-0.39, 0.29) is 0 Å². The van der Waals surface area contributed by atoms with E-state index in [4.69, 9.17) is 10.2 Å². The zero-order chi connectivity index (χ0) is 8.10. The zero-order valence-corrected chi connectivity index (χ0v) is 8.54. The van der Waals surface area contributed by atoms with Gasteiger partial charge in [-0.05, 0) is 18.9 Å². The van der Waals surface area contributed by atoms with Crippen LogP contribution in [0.1, 0.15) is 32.6 Å². The van der Waals surface area contributed by atoms with Crippen LogP contribution >= 0.6 is 0 Å². The first-order chi connectivity index (χ1) is 5.34. The van der Waals surface area contributed by atoms with Crippen LogP contribution < -0.4 is 5.73 Å². The molecule has 1 heterocycles. The molecule has 2 unspecified atom stereocenters. The molecule has 0 aromatic carbocycles. The van der Waals surface area contributed by atoms with Gasteiger partial charge in [0.2, 0.25) is 0 Å². The molecule has 0 amide bonds. The molecule has 1 fully saturated rings. The van der Waals surface area contributed by atoms with E-state index in [2.05, 4.69) is 6.92 Å². The number of hydrogen-bond donors (Lipinski definition) is 1. The fourth-order valence-corrected chi connectivity index (χ4v) is 4.33. The number of rotatable bonds is 3. The van der Waals surface area contributed by atoms with Crippen molar-refractivity contribution >= 4 is 9.04 Å². The summed E-state index contributed by atoms with van der Waals surface area (Å²) in [5, 5.41) is 0. The minimum atomic E-state index is -0.960. The van der Waals surface area contributed by atoms with Crippen LogP contribution in [0.15, 0.2) is 0 Å². The molecule has 2 nitrogen and oxygen atoms in total. The van der Waals surface area contributed by atoms with Crippen LogP contribution in [-0.4, -0.2) is 21.3 Å². The van der Waals surface area contributed by atoms with Gasteiger partial charge >= 0.3 is 0 Å². The van der Waals surface area contributed by atoms with Crippen molar-refractivity contribution in [3.63, 3.8) is 0 Å². The van der Waals surface area contributed by atoms with Gasteiger partial charge in [0.25, 0.3) is 0 Å². The molecule has 1 aliphatic rings. The maximum Gasteiger partial charge on any atom is 0.193 e. The first-order valence-electron chi connectivity index (χ1n) is 4.71. The van der Waals surface area contributed by atoms with Crippen LogP contribution in [0.25, 0.3) is 0 Å². The maximum atomic E-state index is 6.00. The van der Waals surface area contributed by atoms with Gasteiger partial charge in [-0.2, -0.15) is 0 Å². The van der Waals surface area contributed by atoms with Crippen molar-refractivity contribution < 1.29 is 4.43 Å². The van der Waals surface area contributed by atoms with Crippen molar-refractivity contribution in [2.75, 3.05) is 6.61 Å². The molecule has 0 saturated carbocycles. The quantitative estimate of drug-likeness (QED) is 0.651. The molecule has 1 aliphatic heterocycles. The third-order valence-corrected chi connectivity index (χ3v) is 5.24. The highest BCUT2D eigenvalue weighted by molar-refractivity contribution is 6.53. The highest BCUT2D eigenvalue weighted by Crippen LogP contribution is 2.14. The largest absolute Gasteiger partial charge is 0.418 e. The number of nitrogens with two attached hydrogens (primary N) is 1. The Labute approximate surface area is 70.8 Å². The van der Waals surface area contributed by atoms with Crippen molar-refractivity contribution in [1.29, 1.82) is 0 Å².